The minimum Gasteiger partial charge on any atom is -0.497 e. The summed E-state index contributed by atoms with van der Waals surface area (Å²) >= 11 is 6.77. The Bertz CT molecular complexity index is 814. The molecule has 0 unspecified atom stereocenters. The molecule has 0 bridgehead atoms. The number of ether oxygens (including phenoxy) is 3. The number of carbonyl (C=O) groups is 1. The fourth-order valence-electron chi connectivity index (χ4n) is 2.91. The molecular weight excluding hydrogens is 396 g/mol. The van der Waals surface area contributed by atoms with Crippen LogP contribution < -0.4 is 15.4 Å². The van der Waals surface area contributed by atoms with Crippen LogP contribution >= 0.6 is 23.6 Å². The average molecular weight is 421 g/mol. The van der Waals surface area contributed by atoms with Crippen LogP contribution in [0, 0.1) is 0 Å². The van der Waals surface area contributed by atoms with E-state index < -0.39 is 0 Å². The molecule has 0 saturated carbocycles. The SMILES string of the molecule is CCOC(=O)c1sc(-c2ccc(OC)cc2)cc1NC(=S)NC[C@H]1CCCO1. The highest BCUT2D eigenvalue weighted by molar-refractivity contribution is 7.80. The Morgan fingerprint density at radius 1 is 1.36 bits per heavy atom. The van der Waals surface area contributed by atoms with Crippen molar-refractivity contribution in [3.8, 4) is 16.2 Å². The first-order chi connectivity index (χ1) is 13.6. The Hall–Kier alpha value is -2.16. The fraction of sp³-hybridized carbons (Fsp3) is 0.400. The minimum absolute atomic E-state index is 0.182. The molecule has 8 heteroatoms. The number of hydrogen-bond acceptors (Lipinski definition) is 6. The molecule has 0 radical (unpaired) electrons. The van der Waals surface area contributed by atoms with Gasteiger partial charge in [0.25, 0.3) is 0 Å². The van der Waals surface area contributed by atoms with Crippen molar-refractivity contribution in [3.63, 3.8) is 0 Å². The third kappa shape index (κ3) is 5.21. The first-order valence-corrected chi connectivity index (χ1v) is 10.4. The van der Waals surface area contributed by atoms with Gasteiger partial charge in [-0.1, -0.05) is 0 Å². The van der Waals surface area contributed by atoms with Crippen LogP contribution in [0.25, 0.3) is 10.4 Å². The molecule has 2 heterocycles. The van der Waals surface area contributed by atoms with Gasteiger partial charge in [-0.05, 0) is 67.9 Å². The summed E-state index contributed by atoms with van der Waals surface area (Å²) in [5.41, 5.74) is 1.63. The molecule has 2 aromatic rings. The lowest BCUT2D eigenvalue weighted by Crippen LogP contribution is -2.35. The van der Waals surface area contributed by atoms with Gasteiger partial charge in [-0.2, -0.15) is 0 Å². The summed E-state index contributed by atoms with van der Waals surface area (Å²) in [6.07, 6.45) is 2.29. The highest BCUT2D eigenvalue weighted by Gasteiger charge is 2.20. The largest absolute Gasteiger partial charge is 0.497 e. The number of carbonyl (C=O) groups excluding carboxylic acids is 1. The highest BCUT2D eigenvalue weighted by atomic mass is 32.1. The quantitative estimate of drug-likeness (QED) is 0.517. The zero-order valence-electron chi connectivity index (χ0n) is 15.9. The van der Waals surface area contributed by atoms with E-state index in [1.54, 1.807) is 14.0 Å². The number of anilines is 1. The zero-order chi connectivity index (χ0) is 19.9. The fourth-order valence-corrected chi connectivity index (χ4v) is 4.11. The summed E-state index contributed by atoms with van der Waals surface area (Å²) in [5, 5.41) is 6.76. The first-order valence-electron chi connectivity index (χ1n) is 9.22. The van der Waals surface area contributed by atoms with Crippen molar-refractivity contribution in [1.29, 1.82) is 0 Å². The van der Waals surface area contributed by atoms with Gasteiger partial charge in [0.15, 0.2) is 5.11 Å². The maximum Gasteiger partial charge on any atom is 0.350 e. The van der Waals surface area contributed by atoms with E-state index in [0.717, 1.165) is 35.6 Å². The lowest BCUT2D eigenvalue weighted by atomic mass is 10.2. The summed E-state index contributed by atoms with van der Waals surface area (Å²) in [7, 11) is 1.63. The molecule has 1 aromatic heterocycles. The summed E-state index contributed by atoms with van der Waals surface area (Å²) in [4.78, 5) is 13.8. The molecule has 1 aliphatic rings. The van der Waals surface area contributed by atoms with Gasteiger partial charge in [-0.25, -0.2) is 4.79 Å². The maximum absolute atomic E-state index is 12.4. The monoisotopic (exact) mass is 420 g/mol. The molecule has 1 saturated heterocycles. The molecule has 1 fully saturated rings. The Morgan fingerprint density at radius 3 is 2.79 bits per heavy atom. The molecule has 150 valence electrons. The lowest BCUT2D eigenvalue weighted by Gasteiger charge is -2.14. The van der Waals surface area contributed by atoms with Gasteiger partial charge < -0.3 is 24.8 Å². The number of rotatable bonds is 7. The van der Waals surface area contributed by atoms with E-state index in [0.29, 0.717) is 28.8 Å². The summed E-state index contributed by atoms with van der Waals surface area (Å²) in [6, 6.07) is 9.60. The highest BCUT2D eigenvalue weighted by Crippen LogP contribution is 2.36. The van der Waals surface area contributed by atoms with Gasteiger partial charge in [0.05, 0.1) is 25.5 Å². The van der Waals surface area contributed by atoms with Gasteiger partial charge in [-0.15, -0.1) is 11.3 Å². The number of thiocarbonyl (C=S) groups is 1. The summed E-state index contributed by atoms with van der Waals surface area (Å²) in [5.74, 6) is 0.417. The third-order valence-electron chi connectivity index (χ3n) is 4.33. The van der Waals surface area contributed by atoms with Crippen molar-refractivity contribution in [2.45, 2.75) is 25.9 Å². The van der Waals surface area contributed by atoms with Crippen LogP contribution in [0.4, 0.5) is 5.69 Å². The van der Waals surface area contributed by atoms with E-state index in [4.69, 9.17) is 26.4 Å². The number of methoxy groups -OCH3 is 1. The number of thiophene rings is 1. The molecule has 0 amide bonds. The van der Waals surface area contributed by atoms with Gasteiger partial charge >= 0.3 is 5.97 Å². The van der Waals surface area contributed by atoms with Crippen molar-refractivity contribution in [1.82, 2.24) is 5.32 Å². The molecule has 28 heavy (non-hydrogen) atoms. The Kier molecular flexibility index (Phi) is 7.24. The molecule has 0 spiro atoms. The standard InChI is InChI=1S/C20H24N2O4S2/c1-3-25-19(23)18-16(22-20(27)21-12-15-5-4-10-26-15)11-17(28-18)13-6-8-14(24-2)9-7-13/h6-9,11,15H,3-5,10,12H2,1-2H3,(H2,21,22,27)/t15-/m1/s1. The van der Waals surface area contributed by atoms with Crippen molar-refractivity contribution < 1.29 is 19.0 Å². The molecule has 1 aliphatic heterocycles. The van der Waals surface area contributed by atoms with Gasteiger partial charge in [0, 0.05) is 18.0 Å². The van der Waals surface area contributed by atoms with E-state index in [1.807, 2.05) is 30.3 Å². The maximum atomic E-state index is 12.4. The van der Waals surface area contributed by atoms with E-state index >= 15 is 0 Å². The second kappa shape index (κ2) is 9.86. The third-order valence-corrected chi connectivity index (χ3v) is 5.74. The van der Waals surface area contributed by atoms with Gasteiger partial charge in [-0.3, -0.25) is 0 Å². The van der Waals surface area contributed by atoms with Crippen LogP contribution in [0.5, 0.6) is 5.75 Å². The van der Waals surface area contributed by atoms with E-state index in [1.165, 1.54) is 11.3 Å². The number of esters is 1. The predicted octanol–water partition coefficient (Wildman–Crippen LogP) is 4.07. The molecule has 2 N–H and O–H groups in total. The smallest absolute Gasteiger partial charge is 0.350 e. The molecule has 6 nitrogen and oxygen atoms in total. The van der Waals surface area contributed by atoms with Crippen LogP contribution in [0.2, 0.25) is 0 Å². The average Bonchev–Trinajstić information content (AvgIpc) is 3.37. The van der Waals surface area contributed by atoms with Crippen LogP contribution in [0.3, 0.4) is 0 Å². The molecule has 3 rings (SSSR count). The molecular formula is C20H24N2O4S2. The topological polar surface area (TPSA) is 68.8 Å². The zero-order valence-corrected chi connectivity index (χ0v) is 17.6. The lowest BCUT2D eigenvalue weighted by molar-refractivity contribution is 0.0533. The van der Waals surface area contributed by atoms with Crippen molar-refractivity contribution in [2.75, 3.05) is 32.2 Å². The Balaban J connectivity index is 1.75. The number of nitrogens with one attached hydrogen (secondary N) is 2. The summed E-state index contributed by atoms with van der Waals surface area (Å²) in [6.45, 7) is 3.55. The Labute approximate surface area is 174 Å². The van der Waals surface area contributed by atoms with Crippen molar-refractivity contribution in [2.24, 2.45) is 0 Å². The predicted molar refractivity (Wildman–Crippen MR) is 115 cm³/mol. The second-order valence-electron chi connectivity index (χ2n) is 6.27. The molecule has 1 aromatic carbocycles. The van der Waals surface area contributed by atoms with E-state index in [-0.39, 0.29) is 12.1 Å². The van der Waals surface area contributed by atoms with Gasteiger partial charge in [0.2, 0.25) is 0 Å². The summed E-state index contributed by atoms with van der Waals surface area (Å²) < 4.78 is 16.0. The van der Waals surface area contributed by atoms with Gasteiger partial charge in [0.1, 0.15) is 10.6 Å². The van der Waals surface area contributed by atoms with E-state index in [9.17, 15) is 4.79 Å². The second-order valence-corrected chi connectivity index (χ2v) is 7.73. The van der Waals surface area contributed by atoms with Crippen LogP contribution in [-0.2, 0) is 9.47 Å². The van der Waals surface area contributed by atoms with Crippen LogP contribution in [0.15, 0.2) is 30.3 Å². The van der Waals surface area contributed by atoms with Crippen molar-refractivity contribution >= 4 is 40.3 Å². The molecule has 1 atom stereocenters. The van der Waals surface area contributed by atoms with Crippen LogP contribution in [-0.4, -0.2) is 44.1 Å². The normalized spacial score (nSPS) is 15.9. The van der Waals surface area contributed by atoms with Crippen molar-refractivity contribution in [3.05, 3.63) is 35.2 Å². The minimum atomic E-state index is -0.364. The Morgan fingerprint density at radius 2 is 2.14 bits per heavy atom. The van der Waals surface area contributed by atoms with Crippen LogP contribution in [0.1, 0.15) is 29.4 Å². The van der Waals surface area contributed by atoms with E-state index in [2.05, 4.69) is 10.6 Å². The first kappa shape index (κ1) is 20.6. The molecule has 0 aliphatic carbocycles. The number of benzene rings is 1. The number of hydrogen-bond donors (Lipinski definition) is 2.